The molecule has 3 rings (SSSR count). The molecule has 0 radical (unpaired) electrons. The molecule has 0 fully saturated rings. The zero-order chi connectivity index (χ0) is 19.1. The second-order valence-corrected chi connectivity index (χ2v) is 5.75. The molecule has 0 saturated carbocycles. The van der Waals surface area contributed by atoms with E-state index in [1.54, 1.807) is 7.11 Å². The Labute approximate surface area is 156 Å². The number of ether oxygens (including phenoxy) is 1. The number of carbonyl (C=O) groups excluding carboxylic acids is 1. The van der Waals surface area contributed by atoms with E-state index < -0.39 is 0 Å². The maximum atomic E-state index is 12.9. The van der Waals surface area contributed by atoms with E-state index in [9.17, 15) is 9.18 Å². The van der Waals surface area contributed by atoms with E-state index in [1.165, 1.54) is 36.5 Å². The molecule has 0 aliphatic heterocycles. The summed E-state index contributed by atoms with van der Waals surface area (Å²) in [6.07, 6.45) is 2.29. The van der Waals surface area contributed by atoms with Crippen molar-refractivity contribution in [3.63, 3.8) is 0 Å². The number of rotatable bonds is 7. The number of nitrogens with one attached hydrogen (secondary N) is 2. The van der Waals surface area contributed by atoms with Crippen molar-refractivity contribution in [1.29, 1.82) is 0 Å². The van der Waals surface area contributed by atoms with Gasteiger partial charge in [-0.2, -0.15) is 0 Å². The molecule has 0 aliphatic rings. The molecule has 0 spiro atoms. The lowest BCUT2D eigenvalue weighted by atomic mass is 10.1. The van der Waals surface area contributed by atoms with E-state index in [1.807, 2.05) is 24.3 Å². The Morgan fingerprint density at radius 3 is 2.52 bits per heavy atom. The Morgan fingerprint density at radius 2 is 1.81 bits per heavy atom. The molecule has 1 amide bonds. The van der Waals surface area contributed by atoms with Crippen molar-refractivity contribution in [2.75, 3.05) is 24.3 Å². The number of amides is 1. The van der Waals surface area contributed by atoms with Gasteiger partial charge in [0.05, 0.1) is 7.11 Å². The number of methoxy groups -OCH3 is 1. The fraction of sp³-hybridized carbons (Fsp3) is 0.150. The molecule has 0 unspecified atom stereocenters. The van der Waals surface area contributed by atoms with E-state index in [4.69, 9.17) is 4.74 Å². The molecule has 0 bridgehead atoms. The van der Waals surface area contributed by atoms with Crippen molar-refractivity contribution in [2.45, 2.75) is 6.42 Å². The van der Waals surface area contributed by atoms with E-state index >= 15 is 0 Å². The number of hydrogen-bond donors (Lipinski definition) is 2. The predicted molar refractivity (Wildman–Crippen MR) is 102 cm³/mol. The van der Waals surface area contributed by atoms with Crippen LogP contribution in [-0.4, -0.2) is 29.5 Å². The summed E-state index contributed by atoms with van der Waals surface area (Å²) in [4.78, 5) is 20.6. The molecule has 27 heavy (non-hydrogen) atoms. The molecule has 1 aromatic heterocycles. The minimum Gasteiger partial charge on any atom is -0.497 e. The number of benzene rings is 2. The van der Waals surface area contributed by atoms with Crippen LogP contribution in [0.25, 0.3) is 0 Å². The third kappa shape index (κ3) is 5.24. The molecular formula is C20H19FN4O2. The molecule has 0 aliphatic carbocycles. The zero-order valence-electron chi connectivity index (χ0n) is 14.8. The fourth-order valence-corrected chi connectivity index (χ4v) is 2.41. The van der Waals surface area contributed by atoms with E-state index in [-0.39, 0.29) is 17.4 Å². The van der Waals surface area contributed by atoms with Crippen LogP contribution >= 0.6 is 0 Å². The van der Waals surface area contributed by atoms with Gasteiger partial charge in [-0.15, -0.1) is 0 Å². The molecule has 138 valence electrons. The van der Waals surface area contributed by atoms with Crippen molar-refractivity contribution >= 4 is 17.5 Å². The lowest BCUT2D eigenvalue weighted by Crippen LogP contribution is -2.16. The lowest BCUT2D eigenvalue weighted by molar-refractivity contribution is 0.102. The molecule has 2 aromatic carbocycles. The number of carbonyl (C=O) groups is 1. The Balaban J connectivity index is 1.56. The first-order chi connectivity index (χ1) is 13.1. The first-order valence-electron chi connectivity index (χ1n) is 8.41. The maximum Gasteiger partial charge on any atom is 0.274 e. The number of nitrogens with zero attached hydrogens (tertiary/aromatic N) is 2. The molecular weight excluding hydrogens is 347 g/mol. The molecule has 7 heteroatoms. The van der Waals surface area contributed by atoms with Gasteiger partial charge in [-0.3, -0.25) is 4.79 Å². The van der Waals surface area contributed by atoms with E-state index in [0.717, 1.165) is 17.7 Å². The highest BCUT2D eigenvalue weighted by molar-refractivity contribution is 6.02. The van der Waals surface area contributed by atoms with E-state index in [2.05, 4.69) is 20.6 Å². The Morgan fingerprint density at radius 1 is 1.07 bits per heavy atom. The summed E-state index contributed by atoms with van der Waals surface area (Å²) in [7, 11) is 1.63. The molecule has 0 atom stereocenters. The van der Waals surface area contributed by atoms with Crippen LogP contribution in [0, 0.1) is 5.82 Å². The predicted octanol–water partition coefficient (Wildman–Crippen LogP) is 3.53. The third-order valence-corrected chi connectivity index (χ3v) is 3.85. The summed E-state index contributed by atoms with van der Waals surface area (Å²) in [6.45, 7) is 0.620. The van der Waals surface area contributed by atoms with Gasteiger partial charge in [0.15, 0.2) is 0 Å². The second kappa shape index (κ2) is 8.75. The van der Waals surface area contributed by atoms with Gasteiger partial charge >= 0.3 is 0 Å². The second-order valence-electron chi connectivity index (χ2n) is 5.75. The summed E-state index contributed by atoms with van der Waals surface area (Å²) >= 11 is 0. The van der Waals surface area contributed by atoms with Crippen molar-refractivity contribution < 1.29 is 13.9 Å². The van der Waals surface area contributed by atoms with Gasteiger partial charge in [0.2, 0.25) is 5.95 Å². The molecule has 1 heterocycles. The number of aromatic nitrogens is 2. The topological polar surface area (TPSA) is 76.1 Å². The minimum atomic E-state index is -0.387. The van der Waals surface area contributed by atoms with Crippen molar-refractivity contribution in [3.05, 3.63) is 77.9 Å². The van der Waals surface area contributed by atoms with Crippen LogP contribution in [0.3, 0.4) is 0 Å². The van der Waals surface area contributed by atoms with Crippen LogP contribution in [0.15, 0.2) is 60.8 Å². The number of halogens is 1. The molecule has 2 N–H and O–H groups in total. The largest absolute Gasteiger partial charge is 0.497 e. The van der Waals surface area contributed by atoms with Crippen LogP contribution < -0.4 is 15.4 Å². The highest BCUT2D eigenvalue weighted by Gasteiger charge is 2.09. The Hall–Kier alpha value is -3.48. The van der Waals surface area contributed by atoms with Crippen LogP contribution in [0.1, 0.15) is 16.1 Å². The van der Waals surface area contributed by atoms with Gasteiger partial charge in [-0.1, -0.05) is 12.1 Å². The van der Waals surface area contributed by atoms with E-state index in [0.29, 0.717) is 18.2 Å². The highest BCUT2D eigenvalue weighted by Crippen LogP contribution is 2.12. The average Bonchev–Trinajstić information content (AvgIpc) is 2.70. The van der Waals surface area contributed by atoms with Crippen LogP contribution in [0.5, 0.6) is 5.75 Å². The van der Waals surface area contributed by atoms with Gasteiger partial charge in [-0.05, 0) is 54.4 Å². The quantitative estimate of drug-likeness (QED) is 0.669. The number of anilines is 2. The molecule has 0 saturated heterocycles. The van der Waals surface area contributed by atoms with Crippen LogP contribution in [-0.2, 0) is 6.42 Å². The van der Waals surface area contributed by atoms with Gasteiger partial charge in [0, 0.05) is 18.4 Å². The van der Waals surface area contributed by atoms with Gasteiger partial charge < -0.3 is 15.4 Å². The van der Waals surface area contributed by atoms with Gasteiger partial charge in [-0.25, -0.2) is 14.4 Å². The molecule has 3 aromatic rings. The average molecular weight is 366 g/mol. The maximum absolute atomic E-state index is 12.9. The summed E-state index contributed by atoms with van der Waals surface area (Å²) in [5.41, 5.74) is 1.86. The van der Waals surface area contributed by atoms with Gasteiger partial charge in [0.1, 0.15) is 17.3 Å². The summed E-state index contributed by atoms with van der Waals surface area (Å²) < 4.78 is 18.1. The van der Waals surface area contributed by atoms with Crippen molar-refractivity contribution in [1.82, 2.24) is 9.97 Å². The summed E-state index contributed by atoms with van der Waals surface area (Å²) in [5.74, 6) is 0.436. The summed E-state index contributed by atoms with van der Waals surface area (Å²) in [6, 6.07) is 14.9. The van der Waals surface area contributed by atoms with Crippen molar-refractivity contribution in [2.24, 2.45) is 0 Å². The third-order valence-electron chi connectivity index (χ3n) is 3.85. The normalized spacial score (nSPS) is 10.3. The van der Waals surface area contributed by atoms with Crippen LogP contribution in [0.2, 0.25) is 0 Å². The Bertz CT molecular complexity index is 899. The Kier molecular flexibility index (Phi) is 5.94. The SMILES string of the molecule is COc1ccc(CCNc2nccc(C(=O)Nc3ccc(F)cc3)n2)cc1. The van der Waals surface area contributed by atoms with Crippen LogP contribution in [0.4, 0.5) is 16.0 Å². The van der Waals surface area contributed by atoms with Gasteiger partial charge in [0.25, 0.3) is 5.91 Å². The summed E-state index contributed by atoms with van der Waals surface area (Å²) in [5, 5.41) is 5.78. The first kappa shape index (κ1) is 18.3. The highest BCUT2D eigenvalue weighted by atomic mass is 19.1. The standard InChI is InChI=1S/C20H19FN4O2/c1-27-17-8-2-14(3-9-17)10-12-22-20-23-13-11-18(25-20)19(26)24-16-6-4-15(21)5-7-16/h2-9,11,13H,10,12H2,1H3,(H,24,26)(H,22,23,25). The lowest BCUT2D eigenvalue weighted by Gasteiger charge is -2.08. The number of hydrogen-bond acceptors (Lipinski definition) is 5. The minimum absolute atomic E-state index is 0.223. The fourth-order valence-electron chi connectivity index (χ4n) is 2.41. The first-order valence-corrected chi connectivity index (χ1v) is 8.41. The zero-order valence-corrected chi connectivity index (χ0v) is 14.8. The molecule has 6 nitrogen and oxygen atoms in total. The smallest absolute Gasteiger partial charge is 0.274 e. The van der Waals surface area contributed by atoms with Crippen molar-refractivity contribution in [3.8, 4) is 5.75 Å². The monoisotopic (exact) mass is 366 g/mol.